The first-order valence-corrected chi connectivity index (χ1v) is 10.9. The fourth-order valence-electron chi connectivity index (χ4n) is 6.26. The van der Waals surface area contributed by atoms with Gasteiger partial charge in [-0.1, -0.05) is 49.8 Å². The Morgan fingerprint density at radius 2 is 2.07 bits per heavy atom. The van der Waals surface area contributed by atoms with Crippen LogP contribution in [0.1, 0.15) is 44.2 Å². The molecule has 6 atom stereocenters. The van der Waals surface area contributed by atoms with Crippen molar-refractivity contribution in [3.63, 3.8) is 0 Å². The first kappa shape index (κ1) is 18.4. The molecule has 0 bridgehead atoms. The highest BCUT2D eigenvalue weighted by molar-refractivity contribution is 5.76. The maximum atomic E-state index is 12.8. The molecule has 0 aromatic heterocycles. The predicted molar refractivity (Wildman–Crippen MR) is 107 cm³/mol. The first-order chi connectivity index (χ1) is 13.5. The Labute approximate surface area is 167 Å². The van der Waals surface area contributed by atoms with E-state index in [1.165, 1.54) is 16.7 Å². The smallest absolute Gasteiger partial charge is 0.311 e. The van der Waals surface area contributed by atoms with Gasteiger partial charge in [-0.05, 0) is 36.3 Å². The second-order valence-electron chi connectivity index (χ2n) is 9.55. The number of aliphatic hydroxyl groups is 1. The summed E-state index contributed by atoms with van der Waals surface area (Å²) in [6, 6.07) is 8.58. The van der Waals surface area contributed by atoms with E-state index in [4.69, 9.17) is 4.74 Å². The van der Waals surface area contributed by atoms with Crippen molar-refractivity contribution in [3.8, 4) is 0 Å². The number of fused-ring (bicyclic) bond motifs is 3. The van der Waals surface area contributed by atoms with Gasteiger partial charge >= 0.3 is 5.97 Å². The minimum Gasteiger partial charge on any atom is -0.461 e. The Hall–Kier alpha value is -1.65. The zero-order valence-electron chi connectivity index (χ0n) is 16.9. The van der Waals surface area contributed by atoms with Crippen LogP contribution in [0.15, 0.2) is 35.9 Å². The number of aliphatic hydroxyl groups excluding tert-OH is 1. The quantitative estimate of drug-likeness (QED) is 0.631. The van der Waals surface area contributed by atoms with Crippen molar-refractivity contribution in [1.29, 1.82) is 0 Å². The van der Waals surface area contributed by atoms with Gasteiger partial charge in [-0.2, -0.15) is 0 Å². The highest BCUT2D eigenvalue weighted by Gasteiger charge is 2.59. The lowest BCUT2D eigenvalue weighted by molar-refractivity contribution is -0.145. The molecule has 1 saturated heterocycles. The number of carbonyl (C=O) groups is 1. The molecule has 4 heteroatoms. The highest BCUT2D eigenvalue weighted by Crippen LogP contribution is 2.56. The van der Waals surface area contributed by atoms with Crippen LogP contribution in [0, 0.1) is 23.2 Å². The molecule has 1 aromatic rings. The Balaban J connectivity index is 1.39. The van der Waals surface area contributed by atoms with Crippen LogP contribution in [0.25, 0.3) is 0 Å². The maximum Gasteiger partial charge on any atom is 0.311 e. The normalized spacial score (nSPS) is 40.2. The Morgan fingerprint density at radius 1 is 1.29 bits per heavy atom. The lowest BCUT2D eigenvalue weighted by Gasteiger charge is -2.52. The fourth-order valence-corrected chi connectivity index (χ4v) is 6.26. The van der Waals surface area contributed by atoms with Crippen molar-refractivity contribution in [3.05, 3.63) is 47.0 Å². The van der Waals surface area contributed by atoms with Gasteiger partial charge in [-0.25, -0.2) is 0 Å². The largest absolute Gasteiger partial charge is 0.461 e. The SMILES string of the molecule is CC1CCC=C2CC3OC(=O)C(CN4CCc5ccccc5C4)C3C(O)C21C. The van der Waals surface area contributed by atoms with E-state index in [0.717, 1.165) is 38.8 Å². The molecular formula is C24H31NO3. The average molecular weight is 382 g/mol. The lowest BCUT2D eigenvalue weighted by Crippen LogP contribution is -2.54. The summed E-state index contributed by atoms with van der Waals surface area (Å²) in [4.78, 5) is 15.2. The average Bonchev–Trinajstić information content (AvgIpc) is 2.99. The van der Waals surface area contributed by atoms with Crippen molar-refractivity contribution >= 4 is 5.97 Å². The molecule has 0 spiro atoms. The van der Waals surface area contributed by atoms with Crippen molar-refractivity contribution < 1.29 is 14.6 Å². The van der Waals surface area contributed by atoms with Crippen LogP contribution in [-0.2, 0) is 22.5 Å². The van der Waals surface area contributed by atoms with Crippen LogP contribution in [0.5, 0.6) is 0 Å². The molecule has 0 radical (unpaired) electrons. The van der Waals surface area contributed by atoms with Gasteiger partial charge in [-0.3, -0.25) is 9.69 Å². The van der Waals surface area contributed by atoms with Crippen LogP contribution in [0.4, 0.5) is 0 Å². The fraction of sp³-hybridized carbons (Fsp3) is 0.625. The highest BCUT2D eigenvalue weighted by atomic mass is 16.6. The molecule has 150 valence electrons. The van der Waals surface area contributed by atoms with Gasteiger partial charge in [0, 0.05) is 37.4 Å². The summed E-state index contributed by atoms with van der Waals surface area (Å²) in [7, 11) is 0. The van der Waals surface area contributed by atoms with E-state index >= 15 is 0 Å². The summed E-state index contributed by atoms with van der Waals surface area (Å²) in [5.41, 5.74) is 3.86. The Kier molecular flexibility index (Phi) is 4.40. The molecular weight excluding hydrogens is 350 g/mol. The first-order valence-electron chi connectivity index (χ1n) is 10.9. The second kappa shape index (κ2) is 6.70. The van der Waals surface area contributed by atoms with Gasteiger partial charge in [0.25, 0.3) is 0 Å². The standard InChI is InChI=1S/C24H31NO3/c1-15-6-5-9-18-12-20-21(22(26)24(15,18)2)19(23(27)28-20)14-25-11-10-16-7-3-4-8-17(16)13-25/h3-4,7-9,15,19-22,26H,5-6,10-14H2,1-2H3. The van der Waals surface area contributed by atoms with E-state index < -0.39 is 6.10 Å². The molecule has 2 aliphatic heterocycles. The minimum absolute atomic E-state index is 0.0904. The predicted octanol–water partition coefficient (Wildman–Crippen LogP) is 3.33. The molecule has 6 unspecified atom stereocenters. The lowest BCUT2D eigenvalue weighted by atomic mass is 9.55. The minimum atomic E-state index is -0.513. The van der Waals surface area contributed by atoms with Crippen LogP contribution in [-0.4, -0.2) is 41.3 Å². The maximum absolute atomic E-state index is 12.8. The van der Waals surface area contributed by atoms with Crippen LogP contribution >= 0.6 is 0 Å². The zero-order chi connectivity index (χ0) is 19.5. The summed E-state index contributed by atoms with van der Waals surface area (Å²) in [6.45, 7) is 7.00. The van der Waals surface area contributed by atoms with Crippen LogP contribution < -0.4 is 0 Å². The summed E-state index contributed by atoms with van der Waals surface area (Å²) < 4.78 is 5.82. The van der Waals surface area contributed by atoms with Gasteiger partial charge in [0.2, 0.25) is 0 Å². The number of nitrogens with zero attached hydrogens (tertiary/aromatic N) is 1. The molecule has 1 N–H and O–H groups in total. The van der Waals surface area contributed by atoms with E-state index in [1.807, 2.05) is 0 Å². The topological polar surface area (TPSA) is 49.8 Å². The number of rotatable bonds is 2. The van der Waals surface area contributed by atoms with E-state index in [2.05, 4.69) is 49.1 Å². The van der Waals surface area contributed by atoms with Crippen LogP contribution in [0.3, 0.4) is 0 Å². The summed E-state index contributed by atoms with van der Waals surface area (Å²) in [5, 5.41) is 11.5. The molecule has 2 fully saturated rings. The van der Waals surface area contributed by atoms with Crippen molar-refractivity contribution in [1.82, 2.24) is 4.90 Å². The third-order valence-corrected chi connectivity index (χ3v) is 8.23. The number of carbonyl (C=O) groups excluding carboxylic acids is 1. The molecule has 2 aliphatic carbocycles. The summed E-state index contributed by atoms with van der Waals surface area (Å²) in [6.07, 6.45) is 5.62. The van der Waals surface area contributed by atoms with Gasteiger partial charge in [0.15, 0.2) is 0 Å². The number of allylic oxidation sites excluding steroid dienone is 1. The molecule has 4 nitrogen and oxygen atoms in total. The molecule has 2 heterocycles. The zero-order valence-corrected chi connectivity index (χ0v) is 16.9. The monoisotopic (exact) mass is 381 g/mol. The summed E-state index contributed by atoms with van der Waals surface area (Å²) >= 11 is 0. The molecule has 5 rings (SSSR count). The summed E-state index contributed by atoms with van der Waals surface area (Å²) in [5.74, 6) is 0.00945. The second-order valence-corrected chi connectivity index (χ2v) is 9.55. The van der Waals surface area contributed by atoms with Gasteiger partial charge in [0.05, 0.1) is 12.0 Å². The van der Waals surface area contributed by atoms with E-state index in [0.29, 0.717) is 12.5 Å². The Bertz CT molecular complexity index is 818. The number of hydrogen-bond donors (Lipinski definition) is 1. The van der Waals surface area contributed by atoms with Crippen molar-refractivity contribution in [2.75, 3.05) is 13.1 Å². The van der Waals surface area contributed by atoms with E-state index in [9.17, 15) is 9.90 Å². The third kappa shape index (κ3) is 2.68. The van der Waals surface area contributed by atoms with Gasteiger partial charge in [-0.15, -0.1) is 0 Å². The number of esters is 1. The molecule has 1 aromatic carbocycles. The molecule has 0 amide bonds. The van der Waals surface area contributed by atoms with E-state index in [1.54, 1.807) is 0 Å². The number of hydrogen-bond acceptors (Lipinski definition) is 4. The number of benzene rings is 1. The van der Waals surface area contributed by atoms with Crippen molar-refractivity contribution in [2.45, 2.75) is 58.3 Å². The van der Waals surface area contributed by atoms with Gasteiger partial charge < -0.3 is 9.84 Å². The van der Waals surface area contributed by atoms with Crippen molar-refractivity contribution in [2.24, 2.45) is 23.2 Å². The molecule has 28 heavy (non-hydrogen) atoms. The molecule has 1 saturated carbocycles. The number of ether oxygens (including phenoxy) is 1. The van der Waals surface area contributed by atoms with Gasteiger partial charge in [0.1, 0.15) is 6.10 Å². The third-order valence-electron chi connectivity index (χ3n) is 8.23. The van der Waals surface area contributed by atoms with E-state index in [-0.39, 0.29) is 29.3 Å². The Morgan fingerprint density at radius 3 is 2.89 bits per heavy atom. The van der Waals surface area contributed by atoms with Crippen LogP contribution in [0.2, 0.25) is 0 Å². The molecule has 4 aliphatic rings.